The van der Waals surface area contributed by atoms with Gasteiger partial charge in [-0.2, -0.15) is 0 Å². The monoisotopic (exact) mass is 621 g/mol. The second kappa shape index (κ2) is 35.9. The van der Waals surface area contributed by atoms with Crippen LogP contribution in [0.2, 0.25) is 0 Å². The third-order valence-electron chi connectivity index (χ3n) is 8.25. The van der Waals surface area contributed by atoms with Gasteiger partial charge in [0.05, 0.1) is 6.61 Å². The highest BCUT2D eigenvalue weighted by atomic mass is 16.6. The molecule has 0 aliphatic rings. The summed E-state index contributed by atoms with van der Waals surface area (Å²) in [5.74, 6) is -0.602. The molecule has 0 heterocycles. The Hall–Kier alpha value is -1.62. The number of hydrogen-bond acceptors (Lipinski definition) is 5. The zero-order valence-electron chi connectivity index (χ0n) is 29.2. The van der Waals surface area contributed by atoms with Gasteiger partial charge in [0.1, 0.15) is 6.61 Å². The summed E-state index contributed by atoms with van der Waals surface area (Å²) in [6.45, 7) is 4.04. The Labute approximate surface area is 273 Å². The second-order valence-electron chi connectivity index (χ2n) is 12.7. The van der Waals surface area contributed by atoms with Gasteiger partial charge in [-0.1, -0.05) is 160 Å². The molecule has 0 spiro atoms. The van der Waals surface area contributed by atoms with Crippen LogP contribution in [0.3, 0.4) is 0 Å². The van der Waals surface area contributed by atoms with Crippen molar-refractivity contribution in [2.75, 3.05) is 13.2 Å². The van der Waals surface area contributed by atoms with Gasteiger partial charge in [-0.05, 0) is 44.9 Å². The topological polar surface area (TPSA) is 72.8 Å². The Kier molecular flexibility index (Phi) is 34.5. The summed E-state index contributed by atoms with van der Waals surface area (Å²) < 4.78 is 10.5. The molecule has 0 saturated heterocycles. The molecule has 0 rings (SSSR count). The number of aliphatic hydroxyl groups is 1. The lowest BCUT2D eigenvalue weighted by Gasteiger charge is -2.15. The van der Waals surface area contributed by atoms with Crippen LogP contribution in [-0.4, -0.2) is 36.4 Å². The summed E-state index contributed by atoms with van der Waals surface area (Å²) in [6, 6.07) is 0. The van der Waals surface area contributed by atoms with E-state index in [2.05, 4.69) is 38.2 Å². The van der Waals surface area contributed by atoms with Crippen molar-refractivity contribution in [1.82, 2.24) is 0 Å². The highest BCUT2D eigenvalue weighted by molar-refractivity contribution is 5.70. The number of carbonyl (C=O) groups is 2. The Morgan fingerprint density at radius 3 is 1.34 bits per heavy atom. The van der Waals surface area contributed by atoms with Gasteiger partial charge in [-0.3, -0.25) is 9.59 Å². The minimum atomic E-state index is -0.763. The Bertz CT molecular complexity index is 671. The molecule has 1 atom stereocenters. The Morgan fingerprint density at radius 2 is 0.909 bits per heavy atom. The van der Waals surface area contributed by atoms with Crippen LogP contribution in [-0.2, 0) is 19.1 Å². The summed E-state index contributed by atoms with van der Waals surface area (Å²) >= 11 is 0. The van der Waals surface area contributed by atoms with Gasteiger partial charge in [0.25, 0.3) is 0 Å². The molecule has 0 aliphatic carbocycles. The first-order valence-electron chi connectivity index (χ1n) is 18.9. The average molecular weight is 621 g/mol. The van der Waals surface area contributed by atoms with Crippen LogP contribution in [0.1, 0.15) is 194 Å². The standard InChI is InChI=1S/C39H72O5/c1-3-5-7-9-10-11-12-13-14-15-16-17-18-19-20-21-22-23-24-25-26-27-28-30-32-34-39(42)44-37(35-40)36-43-38(41)33-31-29-8-6-4-2/h12-13,15-16,37,40H,3-11,14,17-36H2,1-2H3/b13-12-,16-15-. The Balaban J connectivity index is 3.43. The fourth-order valence-corrected chi connectivity index (χ4v) is 5.35. The predicted molar refractivity (Wildman–Crippen MR) is 187 cm³/mol. The quantitative estimate of drug-likeness (QED) is 0.0440. The van der Waals surface area contributed by atoms with Crippen LogP contribution in [0.25, 0.3) is 0 Å². The van der Waals surface area contributed by atoms with Gasteiger partial charge in [0, 0.05) is 12.8 Å². The van der Waals surface area contributed by atoms with Crippen molar-refractivity contribution in [3.05, 3.63) is 24.3 Å². The number of rotatable bonds is 34. The van der Waals surface area contributed by atoms with Crippen molar-refractivity contribution < 1.29 is 24.2 Å². The van der Waals surface area contributed by atoms with Crippen molar-refractivity contribution in [2.45, 2.75) is 200 Å². The fraction of sp³-hybridized carbons (Fsp3) is 0.846. The SMILES string of the molecule is CCCCCCC/C=C\C/C=C\CCCCCCCCCCCCCCCC(=O)OC(CO)COC(=O)CCCCCCC. The molecule has 1 N–H and O–H groups in total. The maximum Gasteiger partial charge on any atom is 0.306 e. The molecule has 0 radical (unpaired) electrons. The van der Waals surface area contributed by atoms with Gasteiger partial charge in [0.15, 0.2) is 6.10 Å². The molecule has 0 aromatic carbocycles. The smallest absolute Gasteiger partial charge is 0.306 e. The molecule has 0 bridgehead atoms. The number of ether oxygens (including phenoxy) is 2. The van der Waals surface area contributed by atoms with Crippen LogP contribution in [0.4, 0.5) is 0 Å². The number of unbranched alkanes of at least 4 members (excludes halogenated alkanes) is 22. The van der Waals surface area contributed by atoms with E-state index in [4.69, 9.17) is 9.47 Å². The summed E-state index contributed by atoms with van der Waals surface area (Å²) in [5.41, 5.74) is 0. The van der Waals surface area contributed by atoms with Gasteiger partial charge in [-0.15, -0.1) is 0 Å². The maximum atomic E-state index is 12.1. The van der Waals surface area contributed by atoms with Gasteiger partial charge >= 0.3 is 11.9 Å². The summed E-state index contributed by atoms with van der Waals surface area (Å²) in [4.78, 5) is 23.9. The lowest BCUT2D eigenvalue weighted by Crippen LogP contribution is -2.28. The van der Waals surface area contributed by atoms with E-state index in [0.717, 1.165) is 44.9 Å². The van der Waals surface area contributed by atoms with Gasteiger partial charge in [0.2, 0.25) is 0 Å². The zero-order chi connectivity index (χ0) is 32.2. The molecular formula is C39H72O5. The van der Waals surface area contributed by atoms with E-state index in [1.165, 1.54) is 122 Å². The third-order valence-corrected chi connectivity index (χ3v) is 8.25. The first-order valence-corrected chi connectivity index (χ1v) is 18.9. The number of esters is 2. The maximum absolute atomic E-state index is 12.1. The molecule has 0 aromatic rings. The Morgan fingerprint density at radius 1 is 0.523 bits per heavy atom. The molecule has 0 saturated carbocycles. The second-order valence-corrected chi connectivity index (χ2v) is 12.7. The average Bonchev–Trinajstić information content (AvgIpc) is 3.02. The predicted octanol–water partition coefficient (Wildman–Crippen LogP) is 11.5. The van der Waals surface area contributed by atoms with E-state index >= 15 is 0 Å². The molecule has 44 heavy (non-hydrogen) atoms. The lowest BCUT2D eigenvalue weighted by atomic mass is 10.0. The highest BCUT2D eigenvalue weighted by Crippen LogP contribution is 2.14. The van der Waals surface area contributed by atoms with Gasteiger partial charge in [-0.25, -0.2) is 0 Å². The number of allylic oxidation sites excluding steroid dienone is 4. The molecule has 0 aliphatic heterocycles. The molecule has 0 aromatic heterocycles. The van der Waals surface area contributed by atoms with Crippen LogP contribution >= 0.6 is 0 Å². The molecule has 0 amide bonds. The normalized spacial score (nSPS) is 12.3. The van der Waals surface area contributed by atoms with Crippen molar-refractivity contribution >= 4 is 11.9 Å². The van der Waals surface area contributed by atoms with Crippen molar-refractivity contribution in [3.8, 4) is 0 Å². The molecule has 5 heteroatoms. The number of carbonyl (C=O) groups excluding carboxylic acids is 2. The van der Waals surface area contributed by atoms with Crippen LogP contribution in [0.5, 0.6) is 0 Å². The molecule has 5 nitrogen and oxygen atoms in total. The van der Waals surface area contributed by atoms with Crippen LogP contribution in [0.15, 0.2) is 24.3 Å². The first-order chi connectivity index (χ1) is 21.6. The van der Waals surface area contributed by atoms with E-state index in [-0.39, 0.29) is 25.2 Å². The molecule has 258 valence electrons. The van der Waals surface area contributed by atoms with Crippen LogP contribution < -0.4 is 0 Å². The lowest BCUT2D eigenvalue weighted by molar-refractivity contribution is -0.161. The fourth-order valence-electron chi connectivity index (χ4n) is 5.35. The molecular weight excluding hydrogens is 548 g/mol. The summed E-state index contributed by atoms with van der Waals surface area (Å²) in [6.07, 6.45) is 41.4. The van der Waals surface area contributed by atoms with E-state index < -0.39 is 6.10 Å². The van der Waals surface area contributed by atoms with Crippen molar-refractivity contribution in [1.29, 1.82) is 0 Å². The summed E-state index contributed by atoms with van der Waals surface area (Å²) in [7, 11) is 0. The van der Waals surface area contributed by atoms with E-state index in [0.29, 0.717) is 12.8 Å². The third kappa shape index (κ3) is 33.3. The molecule has 1 unspecified atom stereocenters. The van der Waals surface area contributed by atoms with Crippen molar-refractivity contribution in [3.63, 3.8) is 0 Å². The van der Waals surface area contributed by atoms with Crippen LogP contribution in [0, 0.1) is 0 Å². The van der Waals surface area contributed by atoms with Crippen molar-refractivity contribution in [2.24, 2.45) is 0 Å². The molecule has 0 fully saturated rings. The van der Waals surface area contributed by atoms with E-state index in [9.17, 15) is 14.7 Å². The van der Waals surface area contributed by atoms with E-state index in [1.807, 2.05) is 0 Å². The number of hydrogen-bond donors (Lipinski definition) is 1. The number of aliphatic hydroxyl groups excluding tert-OH is 1. The largest absolute Gasteiger partial charge is 0.462 e. The zero-order valence-corrected chi connectivity index (χ0v) is 29.2. The van der Waals surface area contributed by atoms with E-state index in [1.54, 1.807) is 0 Å². The summed E-state index contributed by atoms with van der Waals surface area (Å²) in [5, 5.41) is 9.45. The van der Waals surface area contributed by atoms with Gasteiger partial charge < -0.3 is 14.6 Å². The minimum absolute atomic E-state index is 0.0642. The first kappa shape index (κ1) is 42.4. The highest BCUT2D eigenvalue weighted by Gasteiger charge is 2.16. The minimum Gasteiger partial charge on any atom is -0.462 e.